The lowest BCUT2D eigenvalue weighted by Gasteiger charge is -2.25. The maximum absolute atomic E-state index is 13.0. The van der Waals surface area contributed by atoms with Gasteiger partial charge in [0.25, 0.3) is 0 Å². The number of carboxylic acid groups (broad SMARTS) is 1. The highest BCUT2D eigenvalue weighted by molar-refractivity contribution is 7.98. The second kappa shape index (κ2) is 14.8. The Labute approximate surface area is 203 Å². The molecule has 0 saturated heterocycles. The lowest BCUT2D eigenvalue weighted by atomic mass is 9.98. The maximum atomic E-state index is 13.0. The van der Waals surface area contributed by atoms with Crippen molar-refractivity contribution in [2.24, 2.45) is 11.7 Å². The number of nitrogens with zero attached hydrogens (tertiary/aromatic N) is 1. The van der Waals surface area contributed by atoms with Crippen molar-refractivity contribution in [1.82, 2.24) is 25.9 Å². The Bertz CT molecular complexity index is 779. The average Bonchev–Trinajstić information content (AvgIpc) is 3.31. The summed E-state index contributed by atoms with van der Waals surface area (Å²) in [4.78, 5) is 56.4. The van der Waals surface area contributed by atoms with Crippen molar-refractivity contribution in [3.05, 3.63) is 18.2 Å². The number of nitrogens with one attached hydrogen (secondary N) is 4. The molecule has 0 aromatic carbocycles. The molecule has 0 bridgehead atoms. The van der Waals surface area contributed by atoms with Crippen LogP contribution < -0.4 is 21.7 Å². The van der Waals surface area contributed by atoms with Crippen LogP contribution in [-0.4, -0.2) is 80.7 Å². The first-order valence-corrected chi connectivity index (χ1v) is 12.6. The van der Waals surface area contributed by atoms with E-state index in [0.717, 1.165) is 0 Å². The number of aromatic amines is 1. The minimum absolute atomic E-state index is 0.0659. The van der Waals surface area contributed by atoms with E-state index in [0.29, 0.717) is 17.9 Å². The number of H-pyrrole nitrogens is 1. The Morgan fingerprint density at radius 2 is 1.76 bits per heavy atom. The molecule has 5 atom stereocenters. The van der Waals surface area contributed by atoms with Gasteiger partial charge in [-0.2, -0.15) is 24.4 Å². The van der Waals surface area contributed by atoms with Gasteiger partial charge in [0.2, 0.25) is 17.7 Å². The lowest BCUT2D eigenvalue weighted by Crippen LogP contribution is -2.58. The van der Waals surface area contributed by atoms with Gasteiger partial charge in [0.05, 0.1) is 12.4 Å². The molecule has 3 amide bonds. The summed E-state index contributed by atoms with van der Waals surface area (Å²) in [5, 5.41) is 17.0. The zero-order valence-electron chi connectivity index (χ0n) is 19.0. The molecular weight excluding hydrogens is 468 g/mol. The Hall–Kier alpha value is -2.25. The minimum atomic E-state index is -1.16. The molecule has 0 spiro atoms. The Morgan fingerprint density at radius 1 is 1.15 bits per heavy atom. The first kappa shape index (κ1) is 28.8. The van der Waals surface area contributed by atoms with Gasteiger partial charge < -0.3 is 31.8 Å². The van der Waals surface area contributed by atoms with Crippen molar-refractivity contribution in [1.29, 1.82) is 0 Å². The van der Waals surface area contributed by atoms with Crippen molar-refractivity contribution in [3.63, 3.8) is 0 Å². The zero-order valence-corrected chi connectivity index (χ0v) is 20.7. The fourth-order valence-corrected chi connectivity index (χ4v) is 3.57. The second-order valence-corrected chi connectivity index (χ2v) is 9.03. The highest BCUT2D eigenvalue weighted by Gasteiger charge is 2.30. The zero-order chi connectivity index (χ0) is 25.0. The van der Waals surface area contributed by atoms with Crippen molar-refractivity contribution in [2.45, 2.75) is 57.3 Å². The Balaban J connectivity index is 2.92. The topological polar surface area (TPSA) is 179 Å². The van der Waals surface area contributed by atoms with E-state index < -0.39 is 47.9 Å². The van der Waals surface area contributed by atoms with Gasteiger partial charge >= 0.3 is 5.97 Å². The molecular formula is C20H34N6O5S2. The van der Waals surface area contributed by atoms with Crippen molar-refractivity contribution < 1.29 is 24.3 Å². The van der Waals surface area contributed by atoms with Gasteiger partial charge in [0, 0.05) is 24.1 Å². The van der Waals surface area contributed by atoms with E-state index in [9.17, 15) is 24.3 Å². The molecule has 1 aromatic rings. The summed E-state index contributed by atoms with van der Waals surface area (Å²) in [6.07, 6.45) is 5.82. The molecule has 0 aliphatic rings. The summed E-state index contributed by atoms with van der Waals surface area (Å²) in [7, 11) is 0. The summed E-state index contributed by atoms with van der Waals surface area (Å²) >= 11 is 5.58. The molecule has 1 heterocycles. The summed E-state index contributed by atoms with van der Waals surface area (Å²) in [5.41, 5.74) is 6.59. The molecule has 1 aromatic heterocycles. The SMILES string of the molecule is CCC(C)C(N)C(=O)NC(Cc1cnc[nH]1)C(=O)NC(CS)C(=O)NC(CCSC)C(=O)O. The van der Waals surface area contributed by atoms with Crippen LogP contribution in [0.25, 0.3) is 0 Å². The van der Waals surface area contributed by atoms with E-state index in [1.165, 1.54) is 24.3 Å². The van der Waals surface area contributed by atoms with E-state index in [1.807, 2.05) is 20.1 Å². The Kier molecular flexibility index (Phi) is 12.9. The van der Waals surface area contributed by atoms with Crippen LogP contribution in [0, 0.1) is 5.92 Å². The third kappa shape index (κ3) is 9.64. The summed E-state index contributed by atoms with van der Waals surface area (Å²) in [5.74, 6) is -2.56. The smallest absolute Gasteiger partial charge is 0.326 e. The van der Waals surface area contributed by atoms with Crippen LogP contribution in [0.5, 0.6) is 0 Å². The second-order valence-electron chi connectivity index (χ2n) is 7.68. The molecule has 0 fully saturated rings. The fraction of sp³-hybridized carbons (Fsp3) is 0.650. The third-order valence-electron chi connectivity index (χ3n) is 5.21. The number of hydrogen-bond acceptors (Lipinski definition) is 8. The average molecular weight is 503 g/mol. The molecule has 0 saturated carbocycles. The molecule has 0 radical (unpaired) electrons. The molecule has 5 unspecified atom stereocenters. The molecule has 7 N–H and O–H groups in total. The van der Waals surface area contributed by atoms with Crippen LogP contribution in [0.4, 0.5) is 0 Å². The molecule has 13 heteroatoms. The van der Waals surface area contributed by atoms with Crippen LogP contribution in [-0.2, 0) is 25.6 Å². The van der Waals surface area contributed by atoms with Gasteiger partial charge in [-0.1, -0.05) is 20.3 Å². The molecule has 186 valence electrons. The van der Waals surface area contributed by atoms with Crippen LogP contribution in [0.2, 0.25) is 0 Å². The number of nitrogens with two attached hydrogens (primary N) is 1. The first-order valence-electron chi connectivity index (χ1n) is 10.6. The predicted octanol–water partition coefficient (Wildman–Crippen LogP) is -0.452. The summed E-state index contributed by atoms with van der Waals surface area (Å²) in [6.45, 7) is 3.75. The summed E-state index contributed by atoms with van der Waals surface area (Å²) in [6, 6.07) is -4.02. The number of aliphatic carboxylic acids is 1. The van der Waals surface area contributed by atoms with Gasteiger partial charge in [-0.3, -0.25) is 14.4 Å². The van der Waals surface area contributed by atoms with E-state index in [2.05, 4.69) is 38.5 Å². The number of carbonyl (C=O) groups excluding carboxylic acids is 3. The van der Waals surface area contributed by atoms with Gasteiger partial charge in [0.15, 0.2) is 0 Å². The number of thioether (sulfide) groups is 1. The van der Waals surface area contributed by atoms with Crippen LogP contribution in [0.1, 0.15) is 32.4 Å². The number of imidazole rings is 1. The predicted molar refractivity (Wildman–Crippen MR) is 130 cm³/mol. The number of amides is 3. The highest BCUT2D eigenvalue weighted by Crippen LogP contribution is 2.07. The molecule has 0 aliphatic carbocycles. The number of hydrogen-bond donors (Lipinski definition) is 7. The fourth-order valence-electron chi connectivity index (χ4n) is 2.84. The van der Waals surface area contributed by atoms with Gasteiger partial charge in [-0.05, 0) is 24.3 Å². The number of thiol groups is 1. The molecule has 33 heavy (non-hydrogen) atoms. The number of aromatic nitrogens is 2. The highest BCUT2D eigenvalue weighted by atomic mass is 32.2. The van der Waals surface area contributed by atoms with Crippen molar-refractivity contribution >= 4 is 48.1 Å². The number of carboxylic acids is 1. The van der Waals surface area contributed by atoms with E-state index >= 15 is 0 Å². The van der Waals surface area contributed by atoms with E-state index in [4.69, 9.17) is 5.73 Å². The Morgan fingerprint density at radius 3 is 2.27 bits per heavy atom. The molecule has 1 rings (SSSR count). The van der Waals surface area contributed by atoms with Crippen molar-refractivity contribution in [3.8, 4) is 0 Å². The lowest BCUT2D eigenvalue weighted by molar-refractivity contribution is -0.142. The van der Waals surface area contributed by atoms with Gasteiger partial charge in [0.1, 0.15) is 18.1 Å². The number of rotatable bonds is 15. The first-order chi connectivity index (χ1) is 15.6. The quantitative estimate of drug-likeness (QED) is 0.158. The van der Waals surface area contributed by atoms with Crippen molar-refractivity contribution in [2.75, 3.05) is 17.8 Å². The van der Waals surface area contributed by atoms with Crippen LogP contribution in [0.3, 0.4) is 0 Å². The van der Waals surface area contributed by atoms with Crippen LogP contribution >= 0.6 is 24.4 Å². The van der Waals surface area contributed by atoms with Gasteiger partial charge in [-0.15, -0.1) is 0 Å². The largest absolute Gasteiger partial charge is 0.480 e. The normalized spacial score (nSPS) is 15.5. The third-order valence-corrected chi connectivity index (χ3v) is 6.22. The van der Waals surface area contributed by atoms with Crippen LogP contribution in [0.15, 0.2) is 12.5 Å². The molecule has 0 aliphatic heterocycles. The van der Waals surface area contributed by atoms with E-state index in [-0.39, 0.29) is 24.5 Å². The maximum Gasteiger partial charge on any atom is 0.326 e. The number of carbonyl (C=O) groups is 4. The monoisotopic (exact) mass is 502 g/mol. The van der Waals surface area contributed by atoms with E-state index in [1.54, 1.807) is 0 Å². The minimum Gasteiger partial charge on any atom is -0.480 e. The molecule has 11 nitrogen and oxygen atoms in total. The van der Waals surface area contributed by atoms with Gasteiger partial charge in [-0.25, -0.2) is 9.78 Å². The summed E-state index contributed by atoms with van der Waals surface area (Å²) < 4.78 is 0. The standard InChI is InChI=1S/C20H34N6O5S2/c1-4-11(2)16(21)19(29)25-14(7-12-8-22-10-23-12)17(27)26-15(9-32)18(28)24-13(20(30)31)5-6-33-3/h8,10-11,13-16,32H,4-7,9,21H2,1-3H3,(H,22,23)(H,24,28)(H,25,29)(H,26,27)(H,30,31).